The van der Waals surface area contributed by atoms with Gasteiger partial charge in [0.2, 0.25) is 5.91 Å². The molecule has 0 aliphatic carbocycles. The van der Waals surface area contributed by atoms with Crippen molar-refractivity contribution in [3.63, 3.8) is 0 Å². The summed E-state index contributed by atoms with van der Waals surface area (Å²) in [6.07, 6.45) is 2.11. The van der Waals surface area contributed by atoms with Crippen molar-refractivity contribution in [1.82, 2.24) is 10.2 Å². The average molecular weight is 312 g/mol. The van der Waals surface area contributed by atoms with Gasteiger partial charge < -0.3 is 4.90 Å². The highest BCUT2D eigenvalue weighted by molar-refractivity contribution is 7.84. The molecule has 21 heavy (non-hydrogen) atoms. The Labute approximate surface area is 127 Å². The van der Waals surface area contributed by atoms with Crippen molar-refractivity contribution in [3.05, 3.63) is 35.6 Å². The van der Waals surface area contributed by atoms with Gasteiger partial charge in [-0.2, -0.15) is 0 Å². The maximum atomic E-state index is 13.0. The highest BCUT2D eigenvalue weighted by Gasteiger charge is 2.36. The average Bonchev–Trinajstić information content (AvgIpc) is 2.73. The minimum Gasteiger partial charge on any atom is -0.322 e. The highest BCUT2D eigenvalue weighted by atomic mass is 32.2. The van der Waals surface area contributed by atoms with E-state index in [2.05, 4.69) is 5.32 Å². The molecule has 0 spiro atoms. The monoisotopic (exact) mass is 312 g/mol. The van der Waals surface area contributed by atoms with E-state index in [4.69, 9.17) is 0 Å². The fraction of sp³-hybridized carbons (Fsp3) is 0.533. The molecule has 0 aromatic heterocycles. The zero-order valence-corrected chi connectivity index (χ0v) is 13.3. The first-order chi connectivity index (χ1) is 9.90. The lowest BCUT2D eigenvalue weighted by molar-refractivity contribution is -0.129. The fourth-order valence-corrected chi connectivity index (χ4v) is 2.86. The number of nitrogens with zero attached hydrogens (tertiary/aromatic N) is 1. The topological polar surface area (TPSA) is 49.4 Å². The predicted molar refractivity (Wildman–Crippen MR) is 81.6 cm³/mol. The normalized spacial score (nSPS) is 25.1. The summed E-state index contributed by atoms with van der Waals surface area (Å²) in [6, 6.07) is 5.90. The number of carbonyl (C=O) groups excluding carboxylic acids is 1. The summed E-state index contributed by atoms with van der Waals surface area (Å²) in [5.41, 5.74) is 0.861. The molecule has 4 unspecified atom stereocenters. The molecule has 1 aromatic rings. The van der Waals surface area contributed by atoms with Crippen LogP contribution in [-0.4, -0.2) is 39.1 Å². The second kappa shape index (κ2) is 6.66. The molecule has 0 radical (unpaired) electrons. The third-order valence-corrected chi connectivity index (χ3v) is 5.27. The Kier molecular flexibility index (Phi) is 5.11. The SMILES string of the molecule is CC1NC(c2ccc(F)cc2)N(CCC(C)S(C)=O)C1=O. The Morgan fingerprint density at radius 2 is 2.00 bits per heavy atom. The molecule has 1 saturated heterocycles. The quantitative estimate of drug-likeness (QED) is 0.902. The number of hydrogen-bond acceptors (Lipinski definition) is 3. The molecule has 1 aromatic carbocycles. The van der Waals surface area contributed by atoms with E-state index in [0.717, 1.165) is 5.56 Å². The van der Waals surface area contributed by atoms with Crippen LogP contribution in [0.1, 0.15) is 32.0 Å². The van der Waals surface area contributed by atoms with Crippen LogP contribution in [0.4, 0.5) is 4.39 Å². The smallest absolute Gasteiger partial charge is 0.241 e. The van der Waals surface area contributed by atoms with Crippen molar-refractivity contribution in [2.75, 3.05) is 12.8 Å². The summed E-state index contributed by atoms with van der Waals surface area (Å²) in [6.45, 7) is 4.28. The van der Waals surface area contributed by atoms with Crippen LogP contribution < -0.4 is 5.32 Å². The van der Waals surface area contributed by atoms with Gasteiger partial charge in [-0.15, -0.1) is 0 Å². The van der Waals surface area contributed by atoms with E-state index in [1.165, 1.54) is 12.1 Å². The maximum absolute atomic E-state index is 13.0. The van der Waals surface area contributed by atoms with Gasteiger partial charge in [0.25, 0.3) is 0 Å². The molecule has 1 fully saturated rings. The van der Waals surface area contributed by atoms with Crippen LogP contribution in [0.2, 0.25) is 0 Å². The third-order valence-electron chi connectivity index (χ3n) is 3.90. The van der Waals surface area contributed by atoms with Gasteiger partial charge in [-0.3, -0.25) is 14.3 Å². The molecule has 6 heteroatoms. The van der Waals surface area contributed by atoms with E-state index in [9.17, 15) is 13.4 Å². The van der Waals surface area contributed by atoms with E-state index in [1.807, 2.05) is 13.8 Å². The Morgan fingerprint density at radius 1 is 1.38 bits per heavy atom. The van der Waals surface area contributed by atoms with Crippen molar-refractivity contribution in [2.45, 2.75) is 37.7 Å². The Hall–Kier alpha value is -1.27. The second-order valence-electron chi connectivity index (χ2n) is 5.47. The fourth-order valence-electron chi connectivity index (χ4n) is 2.42. The number of halogens is 1. The van der Waals surface area contributed by atoms with E-state index in [1.54, 1.807) is 23.3 Å². The minimum absolute atomic E-state index is 0.0263. The van der Waals surface area contributed by atoms with Crippen molar-refractivity contribution in [2.24, 2.45) is 0 Å². The van der Waals surface area contributed by atoms with Gasteiger partial charge in [0.05, 0.1) is 6.04 Å². The molecule has 116 valence electrons. The van der Waals surface area contributed by atoms with Crippen LogP contribution in [-0.2, 0) is 15.6 Å². The third kappa shape index (κ3) is 3.68. The second-order valence-corrected chi connectivity index (χ2v) is 7.27. The number of rotatable bonds is 5. The van der Waals surface area contributed by atoms with Crippen LogP contribution >= 0.6 is 0 Å². The summed E-state index contributed by atoms with van der Waals surface area (Å²) in [5.74, 6) is -0.268. The Morgan fingerprint density at radius 3 is 2.57 bits per heavy atom. The summed E-state index contributed by atoms with van der Waals surface area (Å²) in [5, 5.41) is 3.26. The molecule has 0 bridgehead atoms. The Balaban J connectivity index is 2.13. The van der Waals surface area contributed by atoms with E-state index in [-0.39, 0.29) is 29.2 Å². The number of nitrogens with one attached hydrogen (secondary N) is 1. The van der Waals surface area contributed by atoms with E-state index in [0.29, 0.717) is 13.0 Å². The van der Waals surface area contributed by atoms with Crippen molar-refractivity contribution < 1.29 is 13.4 Å². The summed E-state index contributed by atoms with van der Waals surface area (Å²) >= 11 is 0. The van der Waals surface area contributed by atoms with Crippen LogP contribution in [0.5, 0.6) is 0 Å². The lowest BCUT2D eigenvalue weighted by atomic mass is 10.1. The van der Waals surface area contributed by atoms with Gasteiger partial charge in [0, 0.05) is 28.9 Å². The molecular weight excluding hydrogens is 291 g/mol. The molecular formula is C15H21FN2O2S. The maximum Gasteiger partial charge on any atom is 0.241 e. The number of amides is 1. The van der Waals surface area contributed by atoms with Gasteiger partial charge in [0.15, 0.2) is 0 Å². The first-order valence-electron chi connectivity index (χ1n) is 7.04. The highest BCUT2D eigenvalue weighted by Crippen LogP contribution is 2.26. The first kappa shape index (κ1) is 16.1. The standard InChI is InChI=1S/C15H21FN2O2S/c1-10(21(3)20)8-9-18-14(17-11(2)15(18)19)12-4-6-13(16)7-5-12/h4-7,10-11,14,17H,8-9H2,1-3H3. The zero-order valence-electron chi connectivity index (χ0n) is 12.5. The summed E-state index contributed by atoms with van der Waals surface area (Å²) in [4.78, 5) is 14.0. The first-order valence-corrected chi connectivity index (χ1v) is 8.66. The minimum atomic E-state index is -0.897. The molecule has 0 saturated carbocycles. The van der Waals surface area contributed by atoms with Gasteiger partial charge in [-0.1, -0.05) is 19.1 Å². The largest absolute Gasteiger partial charge is 0.322 e. The number of carbonyl (C=O) groups is 1. The number of benzene rings is 1. The summed E-state index contributed by atoms with van der Waals surface area (Å²) < 4.78 is 24.5. The molecule has 4 nitrogen and oxygen atoms in total. The predicted octanol–water partition coefficient (Wildman–Crippen LogP) is 1.80. The van der Waals surface area contributed by atoms with Crippen LogP contribution in [0.25, 0.3) is 0 Å². The van der Waals surface area contributed by atoms with Crippen LogP contribution in [0.3, 0.4) is 0 Å². The van der Waals surface area contributed by atoms with E-state index >= 15 is 0 Å². The van der Waals surface area contributed by atoms with Crippen molar-refractivity contribution in [1.29, 1.82) is 0 Å². The van der Waals surface area contributed by atoms with Crippen LogP contribution in [0.15, 0.2) is 24.3 Å². The molecule has 1 N–H and O–H groups in total. The molecule has 1 amide bonds. The lowest BCUT2D eigenvalue weighted by Crippen LogP contribution is -2.33. The summed E-state index contributed by atoms with van der Waals surface area (Å²) in [7, 11) is -0.897. The number of hydrogen-bond donors (Lipinski definition) is 1. The molecule has 4 atom stereocenters. The lowest BCUT2D eigenvalue weighted by Gasteiger charge is -2.25. The molecule has 1 heterocycles. The molecule has 1 aliphatic rings. The van der Waals surface area contributed by atoms with Crippen molar-refractivity contribution >= 4 is 16.7 Å². The van der Waals surface area contributed by atoms with Crippen molar-refractivity contribution in [3.8, 4) is 0 Å². The van der Waals surface area contributed by atoms with Gasteiger partial charge >= 0.3 is 0 Å². The molecule has 2 rings (SSSR count). The zero-order chi connectivity index (χ0) is 15.6. The van der Waals surface area contributed by atoms with Gasteiger partial charge in [-0.25, -0.2) is 4.39 Å². The van der Waals surface area contributed by atoms with Crippen LogP contribution in [0, 0.1) is 5.82 Å². The van der Waals surface area contributed by atoms with E-state index < -0.39 is 10.8 Å². The molecule has 1 aliphatic heterocycles. The Bertz CT molecular complexity index is 535. The van der Waals surface area contributed by atoms with Gasteiger partial charge in [-0.05, 0) is 31.0 Å². The van der Waals surface area contributed by atoms with Gasteiger partial charge in [0.1, 0.15) is 12.0 Å².